The Hall–Kier alpha value is -2.52. The standard InChI is InChI=1S/C20H25N5O3S/c26-17(22-15-5-2-1-3-6-15)19-24-23-18(29-19)14-8-10-25(11-9-14)20(27)21-13-16-7-4-12-28-16/h1-3,5-6,14,16H,4,7-13H2,(H,21,27)(H,22,26). The lowest BCUT2D eigenvalue weighted by Gasteiger charge is -2.31. The van der Waals surface area contributed by atoms with E-state index in [1.807, 2.05) is 35.2 Å². The number of nitrogens with one attached hydrogen (secondary N) is 2. The fourth-order valence-corrected chi connectivity index (χ4v) is 4.55. The number of urea groups is 1. The van der Waals surface area contributed by atoms with Gasteiger partial charge in [0.05, 0.1) is 6.10 Å². The molecule has 2 N–H and O–H groups in total. The number of hydrogen-bond acceptors (Lipinski definition) is 6. The van der Waals surface area contributed by atoms with Crippen molar-refractivity contribution < 1.29 is 14.3 Å². The topological polar surface area (TPSA) is 96.5 Å². The molecule has 1 aromatic heterocycles. The Kier molecular flexibility index (Phi) is 6.36. The molecule has 3 heterocycles. The van der Waals surface area contributed by atoms with Crippen LogP contribution in [0.4, 0.5) is 10.5 Å². The van der Waals surface area contributed by atoms with Gasteiger partial charge in [0.1, 0.15) is 5.01 Å². The van der Waals surface area contributed by atoms with Crippen molar-refractivity contribution in [3.05, 3.63) is 40.3 Å². The number of para-hydroxylation sites is 1. The molecule has 1 aromatic carbocycles. The number of aromatic nitrogens is 2. The van der Waals surface area contributed by atoms with Gasteiger partial charge in [-0.2, -0.15) is 0 Å². The van der Waals surface area contributed by atoms with Crippen LogP contribution in [-0.2, 0) is 4.74 Å². The minimum Gasteiger partial charge on any atom is -0.376 e. The normalized spacial score (nSPS) is 19.9. The maximum atomic E-state index is 12.4. The molecule has 154 valence electrons. The van der Waals surface area contributed by atoms with E-state index in [9.17, 15) is 9.59 Å². The van der Waals surface area contributed by atoms with Crippen molar-refractivity contribution >= 4 is 29.0 Å². The van der Waals surface area contributed by atoms with Crippen LogP contribution in [0.2, 0.25) is 0 Å². The van der Waals surface area contributed by atoms with E-state index in [0.29, 0.717) is 24.6 Å². The molecule has 2 fully saturated rings. The predicted molar refractivity (Wildman–Crippen MR) is 110 cm³/mol. The average molecular weight is 416 g/mol. The second kappa shape index (κ2) is 9.32. The van der Waals surface area contributed by atoms with Crippen LogP contribution >= 0.6 is 11.3 Å². The Bertz CT molecular complexity index is 830. The number of nitrogens with zero attached hydrogens (tertiary/aromatic N) is 3. The largest absolute Gasteiger partial charge is 0.376 e. The van der Waals surface area contributed by atoms with Gasteiger partial charge in [0.15, 0.2) is 0 Å². The maximum Gasteiger partial charge on any atom is 0.317 e. The summed E-state index contributed by atoms with van der Waals surface area (Å²) in [7, 11) is 0. The number of likely N-dealkylation sites (tertiary alicyclic amines) is 1. The molecule has 0 bridgehead atoms. The van der Waals surface area contributed by atoms with Gasteiger partial charge in [0.25, 0.3) is 5.91 Å². The Morgan fingerprint density at radius 3 is 2.66 bits per heavy atom. The van der Waals surface area contributed by atoms with E-state index < -0.39 is 0 Å². The fourth-order valence-electron chi connectivity index (χ4n) is 3.65. The Morgan fingerprint density at radius 2 is 1.93 bits per heavy atom. The summed E-state index contributed by atoms with van der Waals surface area (Å²) in [5, 5.41) is 15.3. The summed E-state index contributed by atoms with van der Waals surface area (Å²) in [6.07, 6.45) is 3.88. The molecule has 2 aliphatic heterocycles. The third kappa shape index (κ3) is 5.10. The number of carbonyl (C=O) groups is 2. The van der Waals surface area contributed by atoms with Gasteiger partial charge in [-0.05, 0) is 37.8 Å². The lowest BCUT2D eigenvalue weighted by Crippen LogP contribution is -2.46. The molecular weight excluding hydrogens is 390 g/mol. The predicted octanol–water partition coefficient (Wildman–Crippen LogP) is 2.86. The van der Waals surface area contributed by atoms with E-state index in [4.69, 9.17) is 4.74 Å². The highest BCUT2D eigenvalue weighted by Crippen LogP contribution is 2.30. The first-order valence-electron chi connectivity index (χ1n) is 10.0. The molecule has 2 aliphatic rings. The Morgan fingerprint density at radius 1 is 1.14 bits per heavy atom. The number of rotatable bonds is 5. The minimum atomic E-state index is -0.245. The van der Waals surface area contributed by atoms with Crippen molar-refractivity contribution in [1.82, 2.24) is 20.4 Å². The third-order valence-electron chi connectivity index (χ3n) is 5.30. The molecule has 29 heavy (non-hydrogen) atoms. The van der Waals surface area contributed by atoms with E-state index in [2.05, 4.69) is 20.8 Å². The molecule has 3 amide bonds. The van der Waals surface area contributed by atoms with Crippen molar-refractivity contribution in [1.29, 1.82) is 0 Å². The third-order valence-corrected chi connectivity index (χ3v) is 6.39. The van der Waals surface area contributed by atoms with Gasteiger partial charge in [0.2, 0.25) is 5.01 Å². The monoisotopic (exact) mass is 415 g/mol. The van der Waals surface area contributed by atoms with Gasteiger partial charge < -0.3 is 20.3 Å². The maximum absolute atomic E-state index is 12.4. The van der Waals surface area contributed by atoms with Crippen LogP contribution in [0.1, 0.15) is 46.4 Å². The molecule has 2 saturated heterocycles. The summed E-state index contributed by atoms with van der Waals surface area (Å²) in [5.41, 5.74) is 0.733. The highest BCUT2D eigenvalue weighted by molar-refractivity contribution is 7.13. The van der Waals surface area contributed by atoms with Crippen LogP contribution < -0.4 is 10.6 Å². The molecule has 9 heteroatoms. The molecule has 0 spiro atoms. The van der Waals surface area contributed by atoms with Gasteiger partial charge in [0, 0.05) is 37.8 Å². The van der Waals surface area contributed by atoms with Crippen LogP contribution in [0.5, 0.6) is 0 Å². The van der Waals surface area contributed by atoms with E-state index >= 15 is 0 Å². The number of piperidine rings is 1. The van der Waals surface area contributed by atoms with Crippen LogP contribution in [0, 0.1) is 0 Å². The molecule has 1 atom stereocenters. The number of ether oxygens (including phenoxy) is 1. The van der Waals surface area contributed by atoms with Gasteiger partial charge in [-0.1, -0.05) is 29.5 Å². The zero-order chi connectivity index (χ0) is 20.1. The first kappa shape index (κ1) is 19.8. The summed E-state index contributed by atoms with van der Waals surface area (Å²) in [4.78, 5) is 26.5. The van der Waals surface area contributed by atoms with Crippen molar-refractivity contribution in [3.8, 4) is 0 Å². The summed E-state index contributed by atoms with van der Waals surface area (Å²) < 4.78 is 5.54. The molecule has 4 rings (SSSR count). The van der Waals surface area contributed by atoms with E-state index in [1.54, 1.807) is 0 Å². The van der Waals surface area contributed by atoms with E-state index in [-0.39, 0.29) is 24.0 Å². The van der Waals surface area contributed by atoms with Crippen molar-refractivity contribution in [2.75, 3.05) is 31.6 Å². The number of benzene rings is 1. The average Bonchev–Trinajstić information content (AvgIpc) is 3.45. The van der Waals surface area contributed by atoms with Crippen molar-refractivity contribution in [2.24, 2.45) is 0 Å². The molecule has 0 aliphatic carbocycles. The van der Waals surface area contributed by atoms with Crippen molar-refractivity contribution in [2.45, 2.75) is 37.7 Å². The van der Waals surface area contributed by atoms with Gasteiger partial charge in [-0.15, -0.1) is 10.2 Å². The van der Waals surface area contributed by atoms with Crippen LogP contribution in [0.25, 0.3) is 0 Å². The molecule has 1 unspecified atom stereocenters. The highest BCUT2D eigenvalue weighted by atomic mass is 32.1. The Balaban J connectivity index is 1.25. The molecule has 2 aromatic rings. The summed E-state index contributed by atoms with van der Waals surface area (Å²) >= 11 is 1.33. The summed E-state index contributed by atoms with van der Waals surface area (Å²) in [5.74, 6) is -0.0149. The van der Waals surface area contributed by atoms with Gasteiger partial charge in [-0.25, -0.2) is 4.79 Å². The Labute approximate surface area is 173 Å². The van der Waals surface area contributed by atoms with E-state index in [1.165, 1.54) is 11.3 Å². The number of amides is 3. The molecule has 8 nitrogen and oxygen atoms in total. The molecule has 0 saturated carbocycles. The molecular formula is C20H25N5O3S. The second-order valence-electron chi connectivity index (χ2n) is 7.35. The first-order chi connectivity index (χ1) is 14.2. The fraction of sp³-hybridized carbons (Fsp3) is 0.500. The minimum absolute atomic E-state index is 0.0286. The highest BCUT2D eigenvalue weighted by Gasteiger charge is 2.27. The first-order valence-corrected chi connectivity index (χ1v) is 10.8. The van der Waals surface area contributed by atoms with Gasteiger partial charge in [-0.3, -0.25) is 4.79 Å². The number of anilines is 1. The lowest BCUT2D eigenvalue weighted by molar-refractivity contribution is 0.102. The summed E-state index contributed by atoms with van der Waals surface area (Å²) in [6.45, 7) is 2.72. The smallest absolute Gasteiger partial charge is 0.317 e. The SMILES string of the molecule is O=C(Nc1ccccc1)c1nnc(C2CCN(C(=O)NCC3CCCO3)CC2)s1. The quantitative estimate of drug-likeness (QED) is 0.783. The van der Waals surface area contributed by atoms with Gasteiger partial charge >= 0.3 is 6.03 Å². The zero-order valence-corrected chi connectivity index (χ0v) is 17.0. The zero-order valence-electron chi connectivity index (χ0n) is 16.2. The van der Waals surface area contributed by atoms with Crippen LogP contribution in [0.3, 0.4) is 0 Å². The van der Waals surface area contributed by atoms with Crippen molar-refractivity contribution in [3.63, 3.8) is 0 Å². The number of carbonyl (C=O) groups excluding carboxylic acids is 2. The number of hydrogen-bond donors (Lipinski definition) is 2. The molecule has 0 radical (unpaired) electrons. The van der Waals surface area contributed by atoms with E-state index in [0.717, 1.165) is 43.0 Å². The van der Waals surface area contributed by atoms with Crippen LogP contribution in [0.15, 0.2) is 30.3 Å². The summed E-state index contributed by atoms with van der Waals surface area (Å²) in [6, 6.07) is 9.27. The lowest BCUT2D eigenvalue weighted by atomic mass is 9.98. The van der Waals surface area contributed by atoms with Crippen LogP contribution in [-0.4, -0.2) is 59.4 Å². The second-order valence-corrected chi connectivity index (χ2v) is 8.36.